The molecule has 0 atom stereocenters. The van der Waals surface area contributed by atoms with Crippen molar-refractivity contribution in [2.24, 2.45) is 0 Å². The first-order valence-electron chi connectivity index (χ1n) is 7.51. The number of hydrogen-bond donors (Lipinski definition) is 1. The number of aliphatic carboxylic acids is 1. The van der Waals surface area contributed by atoms with Gasteiger partial charge in [0.2, 0.25) is 0 Å². The Labute approximate surface area is 127 Å². The van der Waals surface area contributed by atoms with Gasteiger partial charge in [-0.15, -0.1) is 0 Å². The topological polar surface area (TPSA) is 63.6 Å². The third-order valence-corrected chi connectivity index (χ3v) is 2.72. The first-order chi connectivity index (χ1) is 10.1. The summed E-state index contributed by atoms with van der Waals surface area (Å²) in [5.41, 5.74) is 1.04. The van der Waals surface area contributed by atoms with E-state index >= 15 is 0 Å². The standard InChI is InChI=1S/C12H16O2.C5H10O2/c1-2-3-9-12(13)14-10-11-7-5-4-6-8-11;1-2-3-4-5(6)7/h4-8H,2-3,9-10H2,1H3;2-4H2,1H3,(H,6,7). The number of unbranched alkanes of at least 4 members (excludes halogenated alkanes) is 2. The number of ether oxygens (including phenoxy) is 1. The number of carbonyl (C=O) groups is 2. The highest BCUT2D eigenvalue weighted by Gasteiger charge is 2.01. The molecule has 0 heterocycles. The predicted molar refractivity (Wildman–Crippen MR) is 82.9 cm³/mol. The second-order valence-electron chi connectivity index (χ2n) is 4.75. The zero-order valence-corrected chi connectivity index (χ0v) is 13.0. The van der Waals surface area contributed by atoms with Crippen LogP contribution in [0.1, 0.15) is 57.9 Å². The zero-order chi connectivity index (χ0) is 15.9. The van der Waals surface area contributed by atoms with Crippen LogP contribution in [0.4, 0.5) is 0 Å². The molecule has 1 N–H and O–H groups in total. The van der Waals surface area contributed by atoms with E-state index in [-0.39, 0.29) is 5.97 Å². The summed E-state index contributed by atoms with van der Waals surface area (Å²) >= 11 is 0. The van der Waals surface area contributed by atoms with E-state index in [1.807, 2.05) is 37.3 Å². The fourth-order valence-electron chi connectivity index (χ4n) is 1.46. The van der Waals surface area contributed by atoms with E-state index < -0.39 is 5.97 Å². The van der Waals surface area contributed by atoms with Gasteiger partial charge in [0.05, 0.1) is 0 Å². The van der Waals surface area contributed by atoms with Crippen LogP contribution in [-0.2, 0) is 20.9 Å². The molecule has 0 spiro atoms. The minimum Gasteiger partial charge on any atom is -0.481 e. The minimum absolute atomic E-state index is 0.101. The first-order valence-corrected chi connectivity index (χ1v) is 7.51. The van der Waals surface area contributed by atoms with Gasteiger partial charge < -0.3 is 9.84 Å². The van der Waals surface area contributed by atoms with E-state index in [2.05, 4.69) is 6.92 Å². The van der Waals surface area contributed by atoms with E-state index in [1.54, 1.807) is 0 Å². The normalized spacial score (nSPS) is 9.43. The summed E-state index contributed by atoms with van der Waals surface area (Å²) in [5.74, 6) is -0.794. The van der Waals surface area contributed by atoms with E-state index in [9.17, 15) is 9.59 Å². The van der Waals surface area contributed by atoms with Crippen LogP contribution in [0.2, 0.25) is 0 Å². The van der Waals surface area contributed by atoms with Gasteiger partial charge in [0.25, 0.3) is 0 Å². The maximum absolute atomic E-state index is 11.2. The number of carbonyl (C=O) groups excluding carboxylic acids is 1. The molecule has 1 rings (SSSR count). The zero-order valence-electron chi connectivity index (χ0n) is 13.0. The van der Waals surface area contributed by atoms with Crippen molar-refractivity contribution < 1.29 is 19.4 Å². The highest BCUT2D eigenvalue weighted by Crippen LogP contribution is 2.03. The van der Waals surface area contributed by atoms with Crippen molar-refractivity contribution in [3.05, 3.63) is 35.9 Å². The summed E-state index contributed by atoms with van der Waals surface area (Å²) in [5, 5.41) is 8.04. The van der Waals surface area contributed by atoms with Crippen LogP contribution in [0.5, 0.6) is 0 Å². The van der Waals surface area contributed by atoms with Crippen LogP contribution < -0.4 is 0 Å². The third kappa shape index (κ3) is 12.9. The monoisotopic (exact) mass is 294 g/mol. The molecule has 4 heteroatoms. The predicted octanol–water partition coefficient (Wildman–Crippen LogP) is 4.18. The Morgan fingerprint density at radius 1 is 1.00 bits per heavy atom. The van der Waals surface area contributed by atoms with E-state index in [4.69, 9.17) is 9.84 Å². The third-order valence-electron chi connectivity index (χ3n) is 2.72. The molecule has 0 aliphatic rings. The molecular weight excluding hydrogens is 268 g/mol. The fourth-order valence-corrected chi connectivity index (χ4v) is 1.46. The van der Waals surface area contributed by atoms with Crippen molar-refractivity contribution >= 4 is 11.9 Å². The van der Waals surface area contributed by atoms with Crippen LogP contribution in [0, 0.1) is 0 Å². The maximum atomic E-state index is 11.2. The summed E-state index contributed by atoms with van der Waals surface area (Å²) in [6, 6.07) is 9.73. The van der Waals surface area contributed by atoms with Gasteiger partial charge in [0.15, 0.2) is 0 Å². The molecule has 0 aliphatic heterocycles. The highest BCUT2D eigenvalue weighted by atomic mass is 16.5. The molecule has 1 aromatic carbocycles. The number of rotatable bonds is 8. The van der Waals surface area contributed by atoms with Gasteiger partial charge in [-0.3, -0.25) is 9.59 Å². The highest BCUT2D eigenvalue weighted by molar-refractivity contribution is 5.69. The number of esters is 1. The number of carboxylic acids is 1. The summed E-state index contributed by atoms with van der Waals surface area (Å²) in [4.78, 5) is 20.9. The molecule has 118 valence electrons. The summed E-state index contributed by atoms with van der Waals surface area (Å²) in [7, 11) is 0. The van der Waals surface area contributed by atoms with Crippen LogP contribution in [0.3, 0.4) is 0 Å². The fraction of sp³-hybridized carbons (Fsp3) is 0.529. The number of carboxylic acid groups (broad SMARTS) is 1. The molecule has 0 saturated heterocycles. The van der Waals surface area contributed by atoms with Gasteiger partial charge in [-0.2, -0.15) is 0 Å². The summed E-state index contributed by atoms with van der Waals surface area (Å²) in [6.07, 6.45) is 4.55. The van der Waals surface area contributed by atoms with Crippen molar-refractivity contribution in [3.63, 3.8) is 0 Å². The minimum atomic E-state index is -0.693. The van der Waals surface area contributed by atoms with Gasteiger partial charge in [0, 0.05) is 12.8 Å². The maximum Gasteiger partial charge on any atom is 0.306 e. The second-order valence-corrected chi connectivity index (χ2v) is 4.75. The molecule has 0 saturated carbocycles. The molecule has 4 nitrogen and oxygen atoms in total. The molecule has 0 bridgehead atoms. The Morgan fingerprint density at radius 2 is 1.57 bits per heavy atom. The van der Waals surface area contributed by atoms with E-state index in [0.717, 1.165) is 31.2 Å². The Kier molecular flexibility index (Phi) is 12.0. The van der Waals surface area contributed by atoms with Crippen molar-refractivity contribution in [3.8, 4) is 0 Å². The van der Waals surface area contributed by atoms with E-state index in [0.29, 0.717) is 19.4 Å². The van der Waals surface area contributed by atoms with Crippen LogP contribution >= 0.6 is 0 Å². The SMILES string of the molecule is CCCCC(=O)O.CCCCC(=O)OCc1ccccc1. The van der Waals surface area contributed by atoms with E-state index in [1.165, 1.54) is 0 Å². The van der Waals surface area contributed by atoms with Crippen LogP contribution in [-0.4, -0.2) is 17.0 Å². The molecule has 0 aliphatic carbocycles. The average Bonchev–Trinajstić information content (AvgIpc) is 2.50. The second kappa shape index (κ2) is 13.2. The Bertz CT molecular complexity index is 387. The van der Waals surface area contributed by atoms with Gasteiger partial charge in [-0.25, -0.2) is 0 Å². The molecule has 21 heavy (non-hydrogen) atoms. The lowest BCUT2D eigenvalue weighted by Crippen LogP contribution is -2.03. The quantitative estimate of drug-likeness (QED) is 0.730. The number of hydrogen-bond acceptors (Lipinski definition) is 3. The van der Waals surface area contributed by atoms with Crippen molar-refractivity contribution in [1.82, 2.24) is 0 Å². The first kappa shape index (κ1) is 19.2. The molecular formula is C17H26O4. The lowest BCUT2D eigenvalue weighted by atomic mass is 10.2. The van der Waals surface area contributed by atoms with Gasteiger partial charge >= 0.3 is 11.9 Å². The van der Waals surface area contributed by atoms with Gasteiger partial charge in [-0.05, 0) is 18.4 Å². The Balaban J connectivity index is 0.000000486. The smallest absolute Gasteiger partial charge is 0.306 e. The van der Waals surface area contributed by atoms with Crippen molar-refractivity contribution in [1.29, 1.82) is 0 Å². The van der Waals surface area contributed by atoms with Crippen molar-refractivity contribution in [2.45, 2.75) is 59.0 Å². The molecule has 0 unspecified atom stereocenters. The number of benzene rings is 1. The van der Waals surface area contributed by atoms with Gasteiger partial charge in [-0.1, -0.05) is 57.0 Å². The van der Waals surface area contributed by atoms with Crippen LogP contribution in [0.15, 0.2) is 30.3 Å². The molecule has 1 aromatic rings. The largest absolute Gasteiger partial charge is 0.481 e. The summed E-state index contributed by atoms with van der Waals surface area (Å²) < 4.78 is 5.09. The van der Waals surface area contributed by atoms with Crippen LogP contribution in [0.25, 0.3) is 0 Å². The molecule has 0 amide bonds. The molecule has 0 aromatic heterocycles. The Morgan fingerprint density at radius 3 is 2.05 bits per heavy atom. The molecule has 0 radical (unpaired) electrons. The lowest BCUT2D eigenvalue weighted by molar-refractivity contribution is -0.145. The van der Waals surface area contributed by atoms with Crippen molar-refractivity contribution in [2.75, 3.05) is 0 Å². The Hall–Kier alpha value is -1.84. The van der Waals surface area contributed by atoms with Gasteiger partial charge in [0.1, 0.15) is 6.61 Å². The molecule has 0 fully saturated rings. The summed E-state index contributed by atoms with van der Waals surface area (Å²) in [6.45, 7) is 4.43. The lowest BCUT2D eigenvalue weighted by Gasteiger charge is -2.03. The average molecular weight is 294 g/mol.